The lowest BCUT2D eigenvalue weighted by Gasteiger charge is -2.05. The van der Waals surface area contributed by atoms with E-state index in [1.54, 1.807) is 0 Å². The number of nitro benzene ring substituents is 1. The zero-order valence-corrected chi connectivity index (χ0v) is 10.4. The summed E-state index contributed by atoms with van der Waals surface area (Å²) in [5.74, 6) is 0. The zero-order chi connectivity index (χ0) is 13.6. The topological polar surface area (TPSA) is 110 Å². The molecule has 0 heterocycles. The van der Waals surface area contributed by atoms with Crippen molar-refractivity contribution in [1.29, 1.82) is 0 Å². The molecule has 1 aromatic rings. The van der Waals surface area contributed by atoms with Gasteiger partial charge in [0.2, 0.25) is 10.0 Å². The third-order valence-electron chi connectivity index (χ3n) is 2.23. The molecule has 0 aliphatic carbocycles. The molecule has 18 heavy (non-hydrogen) atoms. The minimum Gasteiger partial charge on any atom is -0.396 e. The molecule has 0 amide bonds. The molecule has 0 aliphatic heterocycles. The summed E-state index contributed by atoms with van der Waals surface area (Å²) in [6.07, 6.45) is 1.05. The number of rotatable bonds is 7. The summed E-state index contributed by atoms with van der Waals surface area (Å²) in [7, 11) is -3.64. The Bertz CT molecular complexity index is 498. The van der Waals surface area contributed by atoms with Crippen molar-refractivity contribution in [2.24, 2.45) is 0 Å². The number of hydrogen-bond donors (Lipinski definition) is 2. The largest absolute Gasteiger partial charge is 0.396 e. The highest BCUT2D eigenvalue weighted by Gasteiger charge is 2.14. The third kappa shape index (κ3) is 4.06. The van der Waals surface area contributed by atoms with E-state index in [1.165, 1.54) is 12.1 Å². The minimum atomic E-state index is -3.64. The van der Waals surface area contributed by atoms with Gasteiger partial charge >= 0.3 is 0 Å². The van der Waals surface area contributed by atoms with Gasteiger partial charge in [0, 0.05) is 25.3 Å². The van der Waals surface area contributed by atoms with E-state index in [9.17, 15) is 18.5 Å². The lowest BCUT2D eigenvalue weighted by atomic mass is 10.3. The fourth-order valence-corrected chi connectivity index (χ4v) is 2.35. The van der Waals surface area contributed by atoms with Crippen LogP contribution in [0, 0.1) is 10.1 Å². The molecule has 2 N–H and O–H groups in total. The monoisotopic (exact) mass is 274 g/mol. The molecular formula is C10H14N2O5S. The number of nitrogens with one attached hydrogen (secondary N) is 1. The van der Waals surface area contributed by atoms with E-state index in [4.69, 9.17) is 5.11 Å². The van der Waals surface area contributed by atoms with Crippen LogP contribution in [-0.2, 0) is 10.0 Å². The number of hydrogen-bond acceptors (Lipinski definition) is 5. The Hall–Kier alpha value is -1.51. The molecule has 100 valence electrons. The average Bonchev–Trinajstić information content (AvgIpc) is 2.35. The Morgan fingerprint density at radius 1 is 1.22 bits per heavy atom. The van der Waals surface area contributed by atoms with Gasteiger partial charge in [-0.2, -0.15) is 0 Å². The molecule has 0 spiro atoms. The summed E-state index contributed by atoms with van der Waals surface area (Å²) in [4.78, 5) is 9.81. The summed E-state index contributed by atoms with van der Waals surface area (Å²) in [6, 6.07) is 4.66. The lowest BCUT2D eigenvalue weighted by molar-refractivity contribution is -0.384. The highest BCUT2D eigenvalue weighted by Crippen LogP contribution is 2.15. The van der Waals surface area contributed by atoms with Crippen molar-refractivity contribution in [1.82, 2.24) is 4.72 Å². The summed E-state index contributed by atoms with van der Waals surface area (Å²) < 4.78 is 25.8. The SMILES string of the molecule is O=[N+]([O-])c1ccc(S(=O)(=O)NCCCCO)cc1. The maximum atomic E-state index is 11.7. The maximum Gasteiger partial charge on any atom is 0.269 e. The van der Waals surface area contributed by atoms with Crippen molar-refractivity contribution >= 4 is 15.7 Å². The van der Waals surface area contributed by atoms with E-state index in [0.717, 1.165) is 12.1 Å². The van der Waals surface area contributed by atoms with Crippen LogP contribution in [0.15, 0.2) is 29.2 Å². The number of nitro groups is 1. The Morgan fingerprint density at radius 3 is 2.33 bits per heavy atom. The summed E-state index contributed by atoms with van der Waals surface area (Å²) >= 11 is 0. The van der Waals surface area contributed by atoms with E-state index < -0.39 is 14.9 Å². The Kier molecular flexibility index (Phi) is 5.20. The molecule has 1 rings (SSSR count). The first-order valence-electron chi connectivity index (χ1n) is 5.32. The van der Waals surface area contributed by atoms with Gasteiger partial charge in [-0.3, -0.25) is 10.1 Å². The highest BCUT2D eigenvalue weighted by atomic mass is 32.2. The van der Waals surface area contributed by atoms with E-state index in [0.29, 0.717) is 12.8 Å². The number of aliphatic hydroxyl groups excluding tert-OH is 1. The minimum absolute atomic E-state index is 0.0132. The third-order valence-corrected chi connectivity index (χ3v) is 3.71. The van der Waals surface area contributed by atoms with Crippen LogP contribution in [0.4, 0.5) is 5.69 Å². The summed E-state index contributed by atoms with van der Waals surface area (Å²) in [6.45, 7) is 0.235. The van der Waals surface area contributed by atoms with E-state index in [-0.39, 0.29) is 23.7 Å². The van der Waals surface area contributed by atoms with Crippen LogP contribution in [0.1, 0.15) is 12.8 Å². The van der Waals surface area contributed by atoms with Crippen molar-refractivity contribution in [3.8, 4) is 0 Å². The van der Waals surface area contributed by atoms with Gasteiger partial charge in [-0.15, -0.1) is 0 Å². The number of unbranched alkanes of at least 4 members (excludes halogenated alkanes) is 1. The molecule has 8 heteroatoms. The van der Waals surface area contributed by atoms with Crippen molar-refractivity contribution < 1.29 is 18.4 Å². The molecule has 0 unspecified atom stereocenters. The van der Waals surface area contributed by atoms with E-state index in [2.05, 4.69) is 4.72 Å². The second-order valence-corrected chi connectivity index (χ2v) is 5.35. The Labute approximate surface area is 105 Å². The predicted octanol–water partition coefficient (Wildman–Crippen LogP) is 0.646. The molecule has 0 atom stereocenters. The molecule has 0 saturated carbocycles. The number of nitrogens with zero attached hydrogens (tertiary/aromatic N) is 1. The first-order valence-corrected chi connectivity index (χ1v) is 6.80. The smallest absolute Gasteiger partial charge is 0.269 e. The van der Waals surface area contributed by atoms with Crippen molar-refractivity contribution in [2.45, 2.75) is 17.7 Å². The molecule has 7 nitrogen and oxygen atoms in total. The highest BCUT2D eigenvalue weighted by molar-refractivity contribution is 7.89. The van der Waals surface area contributed by atoms with Crippen LogP contribution in [0.5, 0.6) is 0 Å². The Morgan fingerprint density at radius 2 is 1.83 bits per heavy atom. The van der Waals surface area contributed by atoms with Crippen LogP contribution in [0.2, 0.25) is 0 Å². The number of sulfonamides is 1. The van der Waals surface area contributed by atoms with Gasteiger partial charge in [0.25, 0.3) is 5.69 Å². The van der Waals surface area contributed by atoms with Crippen LogP contribution in [-0.4, -0.2) is 31.6 Å². The second kappa shape index (κ2) is 6.43. The van der Waals surface area contributed by atoms with Gasteiger partial charge in [-0.25, -0.2) is 13.1 Å². The molecule has 0 radical (unpaired) electrons. The first-order chi connectivity index (χ1) is 8.47. The normalized spacial score (nSPS) is 11.4. The predicted molar refractivity (Wildman–Crippen MR) is 64.6 cm³/mol. The van der Waals surface area contributed by atoms with Gasteiger partial charge in [0.1, 0.15) is 0 Å². The van der Waals surface area contributed by atoms with Crippen LogP contribution >= 0.6 is 0 Å². The molecule has 0 bridgehead atoms. The van der Waals surface area contributed by atoms with Crippen molar-refractivity contribution in [3.05, 3.63) is 34.4 Å². The van der Waals surface area contributed by atoms with Gasteiger partial charge < -0.3 is 5.11 Å². The summed E-state index contributed by atoms with van der Waals surface area (Å²) in [5, 5.41) is 19.0. The Balaban J connectivity index is 2.70. The number of aliphatic hydroxyl groups is 1. The molecule has 0 aromatic heterocycles. The van der Waals surface area contributed by atoms with Gasteiger partial charge in [0.15, 0.2) is 0 Å². The maximum absolute atomic E-state index is 11.7. The quantitative estimate of drug-likeness (QED) is 0.431. The van der Waals surface area contributed by atoms with Crippen LogP contribution in [0.3, 0.4) is 0 Å². The fourth-order valence-electron chi connectivity index (χ4n) is 1.27. The van der Waals surface area contributed by atoms with Crippen molar-refractivity contribution in [3.63, 3.8) is 0 Å². The molecule has 0 aliphatic rings. The van der Waals surface area contributed by atoms with Crippen LogP contribution < -0.4 is 4.72 Å². The molecule has 0 fully saturated rings. The first kappa shape index (κ1) is 14.6. The van der Waals surface area contributed by atoms with Gasteiger partial charge in [-0.05, 0) is 25.0 Å². The number of non-ortho nitro benzene ring substituents is 1. The van der Waals surface area contributed by atoms with E-state index in [1.807, 2.05) is 0 Å². The zero-order valence-electron chi connectivity index (χ0n) is 9.57. The molecular weight excluding hydrogens is 260 g/mol. The fraction of sp³-hybridized carbons (Fsp3) is 0.400. The van der Waals surface area contributed by atoms with Crippen molar-refractivity contribution in [2.75, 3.05) is 13.2 Å². The van der Waals surface area contributed by atoms with E-state index >= 15 is 0 Å². The number of benzene rings is 1. The molecule has 0 saturated heterocycles. The van der Waals surface area contributed by atoms with Crippen LogP contribution in [0.25, 0.3) is 0 Å². The van der Waals surface area contributed by atoms with Gasteiger partial charge in [0.05, 0.1) is 9.82 Å². The molecule has 1 aromatic carbocycles. The second-order valence-electron chi connectivity index (χ2n) is 3.58. The average molecular weight is 274 g/mol. The summed E-state index contributed by atoms with van der Waals surface area (Å²) in [5.41, 5.74) is -0.158. The standard InChI is InChI=1S/C10H14N2O5S/c13-8-2-1-7-11-18(16,17)10-5-3-9(4-6-10)12(14)15/h3-6,11,13H,1-2,7-8H2. The lowest BCUT2D eigenvalue weighted by Crippen LogP contribution is -2.24. The van der Waals surface area contributed by atoms with Gasteiger partial charge in [-0.1, -0.05) is 0 Å².